The van der Waals surface area contributed by atoms with Gasteiger partial charge in [-0.15, -0.1) is 0 Å². The van der Waals surface area contributed by atoms with Crippen LogP contribution in [-0.4, -0.2) is 43.1 Å². The lowest BCUT2D eigenvalue weighted by Gasteiger charge is -2.22. The van der Waals surface area contributed by atoms with Gasteiger partial charge in [0.1, 0.15) is 5.75 Å². The minimum Gasteiger partial charge on any atom is -0.497 e. The first kappa shape index (κ1) is 21.0. The van der Waals surface area contributed by atoms with E-state index in [0.29, 0.717) is 16.8 Å². The van der Waals surface area contributed by atoms with Gasteiger partial charge in [0.25, 0.3) is 5.56 Å². The third-order valence-corrected chi connectivity index (χ3v) is 6.55. The molecule has 7 nitrogen and oxygen atoms in total. The summed E-state index contributed by atoms with van der Waals surface area (Å²) in [5.74, 6) is 0.548. The number of nitrogens with one attached hydrogen (secondary N) is 1. The second kappa shape index (κ2) is 8.77. The van der Waals surface area contributed by atoms with Crippen LogP contribution in [0.4, 0.5) is 0 Å². The smallest absolute Gasteiger partial charge is 0.252 e. The minimum absolute atomic E-state index is 0.0897. The SMILES string of the molecule is COc1ccc(S(=O)(=O)N(CCCO)Cc2cc3cc(C)ccc3[nH]c2=O)cc1. The quantitative estimate of drug-likeness (QED) is 0.587. The Bertz CT molecular complexity index is 1150. The van der Waals surface area contributed by atoms with Gasteiger partial charge >= 0.3 is 0 Å². The molecule has 29 heavy (non-hydrogen) atoms. The summed E-state index contributed by atoms with van der Waals surface area (Å²) in [5, 5.41) is 10.0. The average molecular weight is 416 g/mol. The summed E-state index contributed by atoms with van der Waals surface area (Å²) in [6, 6.07) is 13.5. The van der Waals surface area contributed by atoms with Gasteiger partial charge in [-0.25, -0.2) is 8.42 Å². The number of benzene rings is 2. The van der Waals surface area contributed by atoms with Crippen molar-refractivity contribution in [3.63, 3.8) is 0 Å². The zero-order valence-electron chi connectivity index (χ0n) is 16.4. The number of rotatable bonds is 8. The normalized spacial score (nSPS) is 11.9. The summed E-state index contributed by atoms with van der Waals surface area (Å²) in [7, 11) is -2.36. The molecule has 8 heteroatoms. The summed E-state index contributed by atoms with van der Waals surface area (Å²) >= 11 is 0. The van der Waals surface area contributed by atoms with E-state index in [-0.39, 0.29) is 36.6 Å². The van der Waals surface area contributed by atoms with Crippen molar-refractivity contribution in [3.05, 3.63) is 70.0 Å². The van der Waals surface area contributed by atoms with Crippen LogP contribution >= 0.6 is 0 Å². The van der Waals surface area contributed by atoms with E-state index in [4.69, 9.17) is 4.74 Å². The zero-order valence-corrected chi connectivity index (χ0v) is 17.2. The highest BCUT2D eigenvalue weighted by Gasteiger charge is 2.25. The van der Waals surface area contributed by atoms with E-state index in [1.165, 1.54) is 23.5 Å². The average Bonchev–Trinajstić information content (AvgIpc) is 2.71. The molecule has 0 spiro atoms. The maximum atomic E-state index is 13.2. The lowest BCUT2D eigenvalue weighted by molar-refractivity contribution is 0.267. The molecular formula is C21H24N2O5S. The number of aliphatic hydroxyl groups is 1. The number of fused-ring (bicyclic) bond motifs is 1. The number of pyridine rings is 1. The molecule has 0 unspecified atom stereocenters. The number of aryl methyl sites for hydroxylation is 1. The molecule has 1 aromatic heterocycles. The van der Waals surface area contributed by atoms with E-state index in [1.54, 1.807) is 18.2 Å². The number of methoxy groups -OCH3 is 1. The monoisotopic (exact) mass is 416 g/mol. The Morgan fingerprint density at radius 3 is 2.48 bits per heavy atom. The van der Waals surface area contributed by atoms with Crippen molar-refractivity contribution in [3.8, 4) is 5.75 Å². The number of aliphatic hydroxyl groups excluding tert-OH is 1. The highest BCUT2D eigenvalue weighted by molar-refractivity contribution is 7.89. The Kier molecular flexibility index (Phi) is 6.36. The number of aromatic nitrogens is 1. The molecule has 0 atom stereocenters. The van der Waals surface area contributed by atoms with Crippen LogP contribution < -0.4 is 10.3 Å². The Morgan fingerprint density at radius 2 is 1.83 bits per heavy atom. The summed E-state index contributed by atoms with van der Waals surface area (Å²) in [5.41, 5.74) is 1.75. The first-order valence-corrected chi connectivity index (χ1v) is 10.7. The Morgan fingerprint density at radius 1 is 1.10 bits per heavy atom. The Labute approximate surface area is 169 Å². The molecule has 0 bridgehead atoms. The largest absolute Gasteiger partial charge is 0.497 e. The predicted octanol–water partition coefficient (Wildman–Crippen LogP) is 2.42. The molecule has 0 aliphatic carbocycles. The summed E-state index contributed by atoms with van der Waals surface area (Å²) in [4.78, 5) is 15.4. The van der Waals surface area contributed by atoms with Gasteiger partial charge < -0.3 is 14.8 Å². The van der Waals surface area contributed by atoms with Crippen molar-refractivity contribution in [1.82, 2.24) is 9.29 Å². The molecule has 0 aliphatic heterocycles. The van der Waals surface area contributed by atoms with Gasteiger partial charge in [0.05, 0.1) is 12.0 Å². The van der Waals surface area contributed by atoms with E-state index >= 15 is 0 Å². The first-order valence-electron chi connectivity index (χ1n) is 9.23. The Balaban J connectivity index is 1.99. The number of H-pyrrole nitrogens is 1. The highest BCUT2D eigenvalue weighted by Crippen LogP contribution is 2.22. The van der Waals surface area contributed by atoms with Gasteiger partial charge in [-0.3, -0.25) is 4.79 Å². The van der Waals surface area contributed by atoms with Crippen molar-refractivity contribution < 1.29 is 18.3 Å². The topological polar surface area (TPSA) is 99.7 Å². The van der Waals surface area contributed by atoms with Crippen LogP contribution in [0.2, 0.25) is 0 Å². The van der Waals surface area contributed by atoms with Crippen molar-refractivity contribution in [1.29, 1.82) is 0 Å². The van der Waals surface area contributed by atoms with E-state index < -0.39 is 10.0 Å². The van der Waals surface area contributed by atoms with E-state index in [9.17, 15) is 18.3 Å². The number of ether oxygens (including phenoxy) is 1. The van der Waals surface area contributed by atoms with Crippen molar-refractivity contribution in [2.24, 2.45) is 0 Å². The van der Waals surface area contributed by atoms with Gasteiger partial charge in [0, 0.05) is 30.8 Å². The molecule has 2 aromatic carbocycles. The lowest BCUT2D eigenvalue weighted by Crippen LogP contribution is -2.34. The van der Waals surface area contributed by atoms with Crippen LogP contribution in [0.1, 0.15) is 17.5 Å². The second-order valence-electron chi connectivity index (χ2n) is 6.81. The third-order valence-electron chi connectivity index (χ3n) is 4.69. The molecule has 0 amide bonds. The number of aromatic amines is 1. The molecule has 0 fully saturated rings. The zero-order chi connectivity index (χ0) is 21.0. The van der Waals surface area contributed by atoms with Gasteiger partial charge in [-0.05, 0) is 61.2 Å². The Hall–Kier alpha value is -2.68. The third kappa shape index (κ3) is 4.67. The fourth-order valence-electron chi connectivity index (χ4n) is 3.11. The van der Waals surface area contributed by atoms with Crippen molar-refractivity contribution >= 4 is 20.9 Å². The van der Waals surface area contributed by atoms with Crippen LogP contribution in [-0.2, 0) is 16.6 Å². The summed E-state index contributed by atoms with van der Waals surface area (Å²) < 4.78 is 32.6. The number of sulfonamides is 1. The van der Waals surface area contributed by atoms with E-state index in [0.717, 1.165) is 10.9 Å². The molecule has 3 rings (SSSR count). The van der Waals surface area contributed by atoms with Gasteiger partial charge in [0.15, 0.2) is 0 Å². The second-order valence-corrected chi connectivity index (χ2v) is 8.74. The molecule has 3 aromatic rings. The van der Waals surface area contributed by atoms with E-state index in [1.807, 2.05) is 25.1 Å². The van der Waals surface area contributed by atoms with E-state index in [2.05, 4.69) is 4.98 Å². The molecular weight excluding hydrogens is 392 g/mol. The molecule has 0 radical (unpaired) electrons. The number of hydrogen-bond acceptors (Lipinski definition) is 5. The molecule has 0 saturated heterocycles. The van der Waals surface area contributed by atoms with Crippen LogP contribution in [0, 0.1) is 6.92 Å². The number of hydrogen-bond donors (Lipinski definition) is 2. The maximum absolute atomic E-state index is 13.2. The first-order chi connectivity index (χ1) is 13.8. The van der Waals surface area contributed by atoms with Gasteiger partial charge in [-0.2, -0.15) is 4.31 Å². The van der Waals surface area contributed by atoms with Crippen molar-refractivity contribution in [2.75, 3.05) is 20.3 Å². The van der Waals surface area contributed by atoms with Crippen LogP contribution in [0.15, 0.2) is 58.2 Å². The predicted molar refractivity (Wildman–Crippen MR) is 112 cm³/mol. The summed E-state index contributed by atoms with van der Waals surface area (Å²) in [6.07, 6.45) is 0.264. The standard InChI is InChI=1S/C21H24N2O5S/c1-15-4-9-20-16(12-15)13-17(21(25)22-20)14-23(10-3-11-24)29(26,27)19-7-5-18(28-2)6-8-19/h4-9,12-13,24H,3,10-11,14H2,1-2H3,(H,22,25). The minimum atomic E-state index is -3.86. The molecule has 0 aliphatic rings. The van der Waals surface area contributed by atoms with Crippen LogP contribution in [0.3, 0.4) is 0 Å². The highest BCUT2D eigenvalue weighted by atomic mass is 32.2. The molecule has 1 heterocycles. The molecule has 154 valence electrons. The lowest BCUT2D eigenvalue weighted by atomic mass is 10.1. The fraction of sp³-hybridized carbons (Fsp3) is 0.286. The molecule has 2 N–H and O–H groups in total. The fourth-order valence-corrected chi connectivity index (χ4v) is 4.56. The van der Waals surface area contributed by atoms with Gasteiger partial charge in [0.2, 0.25) is 10.0 Å². The molecule has 0 saturated carbocycles. The summed E-state index contributed by atoms with van der Waals surface area (Å²) in [6.45, 7) is 1.80. The van der Waals surface area contributed by atoms with Crippen LogP contribution in [0.5, 0.6) is 5.75 Å². The van der Waals surface area contributed by atoms with Gasteiger partial charge in [-0.1, -0.05) is 11.6 Å². The maximum Gasteiger partial charge on any atom is 0.252 e. The number of nitrogens with zero attached hydrogens (tertiary/aromatic N) is 1. The van der Waals surface area contributed by atoms with Crippen molar-refractivity contribution in [2.45, 2.75) is 24.8 Å². The van der Waals surface area contributed by atoms with Crippen LogP contribution in [0.25, 0.3) is 10.9 Å².